The Hall–Kier alpha value is -1.05. The number of benzene rings is 1. The van der Waals surface area contributed by atoms with E-state index in [2.05, 4.69) is 61.5 Å². The van der Waals surface area contributed by atoms with Crippen LogP contribution in [0.5, 0.6) is 0 Å². The van der Waals surface area contributed by atoms with Crippen molar-refractivity contribution in [3.63, 3.8) is 0 Å². The lowest BCUT2D eigenvalue weighted by molar-refractivity contribution is 0.281. The predicted molar refractivity (Wildman–Crippen MR) is 82.4 cm³/mol. The van der Waals surface area contributed by atoms with Gasteiger partial charge in [-0.05, 0) is 45.0 Å². The van der Waals surface area contributed by atoms with E-state index in [-0.39, 0.29) is 10.9 Å². The number of alkyl halides is 1. The van der Waals surface area contributed by atoms with Crippen LogP contribution >= 0.6 is 11.6 Å². The molecule has 0 amide bonds. The van der Waals surface area contributed by atoms with Gasteiger partial charge in [-0.15, -0.1) is 11.6 Å². The Kier molecular flexibility index (Phi) is 4.84. The molecule has 0 saturated heterocycles. The largest absolute Gasteiger partial charge is 0.300 e. The first-order valence-corrected chi connectivity index (χ1v) is 7.16. The zero-order chi connectivity index (χ0) is 13.7. The lowest BCUT2D eigenvalue weighted by atomic mass is 9.88. The van der Waals surface area contributed by atoms with E-state index in [0.29, 0.717) is 0 Å². The Balaban J connectivity index is 1.93. The summed E-state index contributed by atoms with van der Waals surface area (Å²) >= 11 is 6.79. The van der Waals surface area contributed by atoms with Crippen molar-refractivity contribution in [1.82, 2.24) is 4.90 Å². The molecule has 0 spiro atoms. The second kappa shape index (κ2) is 6.40. The number of hydrogen-bond donors (Lipinski definition) is 0. The van der Waals surface area contributed by atoms with E-state index in [0.717, 1.165) is 19.3 Å². The van der Waals surface area contributed by atoms with Crippen LogP contribution in [0, 0.1) is 6.08 Å². The summed E-state index contributed by atoms with van der Waals surface area (Å²) in [7, 11) is 4.11. The number of likely N-dealkylation sites (N-methyl/N-ethyl adjacent to an activating group) is 1. The maximum Gasteiger partial charge on any atom is 0.0825 e. The summed E-state index contributed by atoms with van der Waals surface area (Å²) in [6, 6.07) is 10.7. The summed E-state index contributed by atoms with van der Waals surface area (Å²) in [6.07, 6.45) is 12.5. The van der Waals surface area contributed by atoms with E-state index in [9.17, 15) is 0 Å². The third kappa shape index (κ3) is 3.71. The highest BCUT2D eigenvalue weighted by Crippen LogP contribution is 2.33. The number of allylic oxidation sites excluding steroid dienone is 2. The van der Waals surface area contributed by atoms with Gasteiger partial charge in [0.1, 0.15) is 0 Å². The molecular weight excluding hydrogens is 254 g/mol. The van der Waals surface area contributed by atoms with Crippen LogP contribution in [0.15, 0.2) is 48.6 Å². The van der Waals surface area contributed by atoms with Crippen molar-refractivity contribution in [2.75, 3.05) is 14.1 Å². The normalized spacial score (nSPS) is 26.0. The average molecular weight is 275 g/mol. The topological polar surface area (TPSA) is 3.24 Å². The lowest BCUT2D eigenvalue weighted by Crippen LogP contribution is -2.45. The van der Waals surface area contributed by atoms with Gasteiger partial charge in [-0.25, -0.2) is 0 Å². The first-order chi connectivity index (χ1) is 9.12. The quantitative estimate of drug-likeness (QED) is 0.738. The van der Waals surface area contributed by atoms with Crippen molar-refractivity contribution in [3.05, 3.63) is 60.2 Å². The Morgan fingerprint density at radius 2 is 2.00 bits per heavy atom. The molecule has 0 fully saturated rings. The van der Waals surface area contributed by atoms with E-state index in [4.69, 9.17) is 11.6 Å². The van der Waals surface area contributed by atoms with Gasteiger partial charge in [0.05, 0.1) is 10.9 Å². The fraction of sp³-hybridized carbons (Fsp3) is 0.412. The number of halogens is 1. The Morgan fingerprint density at radius 3 is 2.68 bits per heavy atom. The average Bonchev–Trinajstić information content (AvgIpc) is 2.40. The molecule has 0 bridgehead atoms. The molecular formula is C17H21ClN. The summed E-state index contributed by atoms with van der Waals surface area (Å²) in [5.74, 6) is 0. The van der Waals surface area contributed by atoms with Crippen LogP contribution in [0.1, 0.15) is 18.4 Å². The number of rotatable bonds is 5. The first kappa shape index (κ1) is 14.4. The van der Waals surface area contributed by atoms with Gasteiger partial charge in [-0.3, -0.25) is 0 Å². The monoisotopic (exact) mass is 274 g/mol. The molecule has 1 aliphatic rings. The molecule has 0 aromatic heterocycles. The van der Waals surface area contributed by atoms with Crippen LogP contribution < -0.4 is 0 Å². The van der Waals surface area contributed by atoms with Gasteiger partial charge in [0.2, 0.25) is 0 Å². The molecule has 0 aliphatic heterocycles. The summed E-state index contributed by atoms with van der Waals surface area (Å²) in [4.78, 5) is 1.81. The molecule has 2 rings (SSSR count). The number of nitrogens with zero attached hydrogens (tertiary/aromatic N) is 1. The van der Waals surface area contributed by atoms with Crippen LogP contribution in [0.25, 0.3) is 0 Å². The molecule has 2 heteroatoms. The van der Waals surface area contributed by atoms with Crippen LogP contribution in [0.3, 0.4) is 0 Å². The minimum Gasteiger partial charge on any atom is -0.300 e. The lowest BCUT2D eigenvalue weighted by Gasteiger charge is -2.36. The van der Waals surface area contributed by atoms with Gasteiger partial charge in [-0.1, -0.05) is 48.6 Å². The van der Waals surface area contributed by atoms with E-state index < -0.39 is 0 Å². The van der Waals surface area contributed by atoms with E-state index in [1.807, 2.05) is 12.2 Å². The maximum absolute atomic E-state index is 6.79. The predicted octanol–water partition coefficient (Wildman–Crippen LogP) is 3.85. The molecule has 1 nitrogen and oxygen atoms in total. The highest BCUT2D eigenvalue weighted by molar-refractivity contribution is 6.26. The smallest absolute Gasteiger partial charge is 0.0825 e. The number of aryl methyl sites for hydroxylation is 1. The molecule has 1 aromatic carbocycles. The third-order valence-electron chi connectivity index (χ3n) is 3.56. The highest BCUT2D eigenvalue weighted by Gasteiger charge is 2.35. The first-order valence-electron chi connectivity index (χ1n) is 6.78. The minimum absolute atomic E-state index is 0.148. The summed E-state index contributed by atoms with van der Waals surface area (Å²) in [5.41, 5.74) is 1.38. The highest BCUT2D eigenvalue weighted by atomic mass is 35.5. The van der Waals surface area contributed by atoms with Crippen LogP contribution in [-0.2, 0) is 6.42 Å². The Bertz CT molecular complexity index is 450. The van der Waals surface area contributed by atoms with Crippen molar-refractivity contribution in [2.45, 2.75) is 30.2 Å². The van der Waals surface area contributed by atoms with E-state index in [1.165, 1.54) is 5.56 Å². The Morgan fingerprint density at radius 1 is 1.26 bits per heavy atom. The molecule has 1 radical (unpaired) electrons. The van der Waals surface area contributed by atoms with Crippen LogP contribution in [0.4, 0.5) is 0 Å². The number of hydrogen-bond acceptors (Lipinski definition) is 1. The SMILES string of the molecule is CN(C)C1[C]=CC=CC1(Cl)CCCc1ccccc1. The zero-order valence-corrected chi connectivity index (χ0v) is 12.4. The second-order valence-electron chi connectivity index (χ2n) is 5.32. The van der Waals surface area contributed by atoms with Crippen molar-refractivity contribution in [1.29, 1.82) is 0 Å². The van der Waals surface area contributed by atoms with E-state index in [1.54, 1.807) is 0 Å². The fourth-order valence-corrected chi connectivity index (χ4v) is 3.06. The molecule has 101 valence electrons. The minimum atomic E-state index is -0.326. The van der Waals surface area contributed by atoms with Crippen molar-refractivity contribution in [3.8, 4) is 0 Å². The molecule has 2 atom stereocenters. The van der Waals surface area contributed by atoms with Gasteiger partial charge >= 0.3 is 0 Å². The second-order valence-corrected chi connectivity index (χ2v) is 6.03. The van der Waals surface area contributed by atoms with Gasteiger partial charge < -0.3 is 4.90 Å². The van der Waals surface area contributed by atoms with Gasteiger partial charge in [0.15, 0.2) is 0 Å². The molecule has 1 aromatic rings. The zero-order valence-electron chi connectivity index (χ0n) is 11.6. The van der Waals surface area contributed by atoms with Gasteiger partial charge in [-0.2, -0.15) is 0 Å². The standard InChI is InChI=1S/C17H21ClN/c1-19(2)16-12-6-7-13-17(16,18)14-8-11-15-9-4-3-5-10-15/h3-7,9-10,13,16H,8,11,14H2,1-2H3. The molecule has 2 unspecified atom stereocenters. The summed E-state index contributed by atoms with van der Waals surface area (Å²) in [6.45, 7) is 0. The molecule has 0 saturated carbocycles. The molecule has 0 N–H and O–H groups in total. The van der Waals surface area contributed by atoms with Crippen molar-refractivity contribution in [2.24, 2.45) is 0 Å². The maximum atomic E-state index is 6.79. The molecule has 19 heavy (non-hydrogen) atoms. The van der Waals surface area contributed by atoms with Crippen molar-refractivity contribution >= 4 is 11.6 Å². The van der Waals surface area contributed by atoms with Crippen LogP contribution in [0.2, 0.25) is 0 Å². The fourth-order valence-electron chi connectivity index (χ4n) is 2.59. The Labute approximate surface area is 121 Å². The van der Waals surface area contributed by atoms with E-state index >= 15 is 0 Å². The third-order valence-corrected chi connectivity index (χ3v) is 4.08. The van der Waals surface area contributed by atoms with Gasteiger partial charge in [0.25, 0.3) is 0 Å². The van der Waals surface area contributed by atoms with Crippen LogP contribution in [-0.4, -0.2) is 29.9 Å². The van der Waals surface area contributed by atoms with Crippen molar-refractivity contribution < 1.29 is 0 Å². The summed E-state index contributed by atoms with van der Waals surface area (Å²) in [5, 5.41) is 0. The summed E-state index contributed by atoms with van der Waals surface area (Å²) < 4.78 is 0. The van der Waals surface area contributed by atoms with Gasteiger partial charge in [0, 0.05) is 0 Å². The molecule has 1 aliphatic carbocycles. The molecule has 0 heterocycles.